The molecule has 5 atom stereocenters. The summed E-state index contributed by atoms with van der Waals surface area (Å²) in [5.41, 5.74) is -0.140. The Morgan fingerprint density at radius 2 is 2.00 bits per heavy atom. The minimum atomic E-state index is -1.44. The van der Waals surface area contributed by atoms with Gasteiger partial charge in [0, 0.05) is 0 Å². The van der Waals surface area contributed by atoms with E-state index in [-0.39, 0.29) is 11.4 Å². The number of nitro groups is 1. The molecule has 9 heteroatoms. The molecule has 1 aliphatic rings. The quantitative estimate of drug-likeness (QED) is 0.446. The van der Waals surface area contributed by atoms with Crippen molar-refractivity contribution >= 4 is 11.4 Å². The summed E-state index contributed by atoms with van der Waals surface area (Å²) in [4.78, 5) is 10.6. The van der Waals surface area contributed by atoms with E-state index >= 15 is 0 Å². The SMILES string of the molecule is CCOc1ccc(N[C@@H]2O[C@H](C)[C@H](O)[C@H](O)[C@H]2O)c([N+](=O)[O-])c1. The summed E-state index contributed by atoms with van der Waals surface area (Å²) in [6, 6.07) is 4.24. The molecule has 1 aliphatic heterocycles. The molecule has 0 spiro atoms. The lowest BCUT2D eigenvalue weighted by Crippen LogP contribution is -2.58. The van der Waals surface area contributed by atoms with Crippen LogP contribution < -0.4 is 10.1 Å². The fourth-order valence-electron chi connectivity index (χ4n) is 2.36. The molecule has 1 saturated heterocycles. The molecule has 0 radical (unpaired) electrons. The number of anilines is 1. The average Bonchev–Trinajstić information content (AvgIpc) is 2.52. The fraction of sp³-hybridized carbons (Fsp3) is 0.571. The number of aliphatic hydroxyl groups excluding tert-OH is 3. The first-order valence-corrected chi connectivity index (χ1v) is 7.22. The van der Waals surface area contributed by atoms with Crippen molar-refractivity contribution in [2.75, 3.05) is 11.9 Å². The third-order valence-electron chi connectivity index (χ3n) is 3.63. The topological polar surface area (TPSA) is 134 Å². The van der Waals surface area contributed by atoms with Gasteiger partial charge in [0.15, 0.2) is 6.23 Å². The van der Waals surface area contributed by atoms with Crippen LogP contribution in [0.2, 0.25) is 0 Å². The first-order valence-electron chi connectivity index (χ1n) is 7.22. The molecule has 0 amide bonds. The second-order valence-electron chi connectivity index (χ2n) is 5.25. The van der Waals surface area contributed by atoms with Crippen molar-refractivity contribution in [2.24, 2.45) is 0 Å². The van der Waals surface area contributed by atoms with Crippen LogP contribution in [0.15, 0.2) is 18.2 Å². The molecular weight excluding hydrogens is 308 g/mol. The third kappa shape index (κ3) is 3.70. The Morgan fingerprint density at radius 1 is 1.30 bits per heavy atom. The third-order valence-corrected chi connectivity index (χ3v) is 3.63. The molecule has 0 aliphatic carbocycles. The van der Waals surface area contributed by atoms with E-state index in [0.29, 0.717) is 12.4 Å². The van der Waals surface area contributed by atoms with Gasteiger partial charge in [-0.1, -0.05) is 0 Å². The molecule has 0 bridgehead atoms. The summed E-state index contributed by atoms with van der Waals surface area (Å²) in [6.07, 6.45) is -5.93. The molecule has 2 rings (SSSR count). The van der Waals surface area contributed by atoms with E-state index in [2.05, 4.69) is 5.32 Å². The zero-order valence-electron chi connectivity index (χ0n) is 12.7. The van der Waals surface area contributed by atoms with E-state index in [9.17, 15) is 25.4 Å². The number of rotatable bonds is 5. The summed E-state index contributed by atoms with van der Waals surface area (Å²) in [5, 5.41) is 43.3. The molecule has 128 valence electrons. The number of aliphatic hydroxyl groups is 3. The minimum Gasteiger partial charge on any atom is -0.494 e. The minimum absolute atomic E-state index is 0.110. The van der Waals surface area contributed by atoms with E-state index in [1.54, 1.807) is 13.0 Å². The zero-order chi connectivity index (χ0) is 17.1. The lowest BCUT2D eigenvalue weighted by atomic mass is 9.99. The molecule has 1 aromatic rings. The Morgan fingerprint density at radius 3 is 2.61 bits per heavy atom. The number of benzene rings is 1. The van der Waals surface area contributed by atoms with Gasteiger partial charge < -0.3 is 30.1 Å². The molecule has 4 N–H and O–H groups in total. The summed E-state index contributed by atoms with van der Waals surface area (Å²) < 4.78 is 10.6. The Labute approximate surface area is 132 Å². The molecular formula is C14H20N2O7. The van der Waals surface area contributed by atoms with Gasteiger partial charge in [-0.05, 0) is 26.0 Å². The molecule has 0 aromatic heterocycles. The summed E-state index contributed by atoms with van der Waals surface area (Å²) in [5.74, 6) is 0.346. The second-order valence-corrected chi connectivity index (χ2v) is 5.25. The highest BCUT2D eigenvalue weighted by molar-refractivity contribution is 5.64. The zero-order valence-corrected chi connectivity index (χ0v) is 12.7. The van der Waals surface area contributed by atoms with Gasteiger partial charge in [0.1, 0.15) is 29.7 Å². The number of hydrogen-bond donors (Lipinski definition) is 4. The molecule has 1 fully saturated rings. The number of nitrogens with zero attached hydrogens (tertiary/aromatic N) is 1. The van der Waals surface area contributed by atoms with Gasteiger partial charge in [-0.2, -0.15) is 0 Å². The number of hydrogen-bond acceptors (Lipinski definition) is 8. The van der Waals surface area contributed by atoms with Crippen molar-refractivity contribution in [1.29, 1.82) is 0 Å². The van der Waals surface area contributed by atoms with E-state index in [0.717, 1.165) is 0 Å². The maximum absolute atomic E-state index is 11.2. The average molecular weight is 328 g/mol. The highest BCUT2D eigenvalue weighted by Gasteiger charge is 2.42. The number of nitro benzene ring substituents is 1. The van der Waals surface area contributed by atoms with Crippen LogP contribution in [0.25, 0.3) is 0 Å². The highest BCUT2D eigenvalue weighted by Crippen LogP contribution is 2.31. The predicted octanol–water partition coefficient (Wildman–Crippen LogP) is 0.233. The maximum atomic E-state index is 11.2. The predicted molar refractivity (Wildman–Crippen MR) is 80.2 cm³/mol. The van der Waals surface area contributed by atoms with Crippen molar-refractivity contribution in [2.45, 2.75) is 44.5 Å². The van der Waals surface area contributed by atoms with Crippen LogP contribution in [0.5, 0.6) is 5.75 Å². The molecule has 9 nitrogen and oxygen atoms in total. The van der Waals surface area contributed by atoms with Crippen molar-refractivity contribution in [1.82, 2.24) is 0 Å². The first kappa shape index (κ1) is 17.4. The van der Waals surface area contributed by atoms with Gasteiger partial charge in [-0.3, -0.25) is 10.1 Å². The van der Waals surface area contributed by atoms with Crippen LogP contribution in [0.1, 0.15) is 13.8 Å². The summed E-state index contributed by atoms with van der Waals surface area (Å²) >= 11 is 0. The van der Waals surface area contributed by atoms with Crippen LogP contribution in [0, 0.1) is 10.1 Å². The van der Waals surface area contributed by atoms with Crippen LogP contribution in [-0.4, -0.2) is 57.5 Å². The van der Waals surface area contributed by atoms with E-state index < -0.39 is 35.6 Å². The van der Waals surface area contributed by atoms with Crippen LogP contribution in [0.3, 0.4) is 0 Å². The lowest BCUT2D eigenvalue weighted by Gasteiger charge is -2.39. The van der Waals surface area contributed by atoms with Crippen molar-refractivity contribution in [3.63, 3.8) is 0 Å². The highest BCUT2D eigenvalue weighted by atomic mass is 16.6. The summed E-state index contributed by atoms with van der Waals surface area (Å²) in [7, 11) is 0. The van der Waals surface area contributed by atoms with E-state index in [1.165, 1.54) is 19.1 Å². The normalized spacial score (nSPS) is 30.7. The smallest absolute Gasteiger partial charge is 0.296 e. The Kier molecular flexibility index (Phi) is 5.37. The summed E-state index contributed by atoms with van der Waals surface area (Å²) in [6.45, 7) is 3.66. The molecule has 0 unspecified atom stereocenters. The van der Waals surface area contributed by atoms with E-state index in [1.807, 2.05) is 0 Å². The second kappa shape index (κ2) is 7.09. The fourth-order valence-corrected chi connectivity index (χ4v) is 2.36. The molecule has 0 saturated carbocycles. The van der Waals surface area contributed by atoms with Crippen molar-refractivity contribution < 1.29 is 29.7 Å². The van der Waals surface area contributed by atoms with Gasteiger partial charge in [-0.15, -0.1) is 0 Å². The largest absolute Gasteiger partial charge is 0.494 e. The maximum Gasteiger partial charge on any atom is 0.296 e. The van der Waals surface area contributed by atoms with Gasteiger partial charge >= 0.3 is 0 Å². The monoisotopic (exact) mass is 328 g/mol. The first-order chi connectivity index (χ1) is 10.8. The van der Waals surface area contributed by atoms with Crippen molar-refractivity contribution in [3.05, 3.63) is 28.3 Å². The number of nitrogens with one attached hydrogen (secondary N) is 1. The van der Waals surface area contributed by atoms with Crippen LogP contribution in [0.4, 0.5) is 11.4 Å². The molecule has 1 heterocycles. The molecule has 23 heavy (non-hydrogen) atoms. The van der Waals surface area contributed by atoms with Gasteiger partial charge in [0.25, 0.3) is 5.69 Å². The van der Waals surface area contributed by atoms with Gasteiger partial charge in [-0.25, -0.2) is 0 Å². The van der Waals surface area contributed by atoms with Gasteiger partial charge in [0.2, 0.25) is 0 Å². The van der Waals surface area contributed by atoms with Gasteiger partial charge in [0.05, 0.1) is 23.7 Å². The van der Waals surface area contributed by atoms with E-state index in [4.69, 9.17) is 9.47 Å². The van der Waals surface area contributed by atoms with Crippen LogP contribution in [-0.2, 0) is 4.74 Å². The standard InChI is InChI=1S/C14H20N2O7/c1-3-22-8-4-5-9(10(6-8)16(20)21)15-14-13(19)12(18)11(17)7(2)23-14/h4-7,11-15,17-19H,3H2,1-2H3/t7-,11+,12+,13-,14-/m1/s1. The lowest BCUT2D eigenvalue weighted by molar-refractivity contribution is -0.384. The number of ether oxygens (including phenoxy) is 2. The Bertz CT molecular complexity index is 568. The Hall–Kier alpha value is -1.94. The molecule has 1 aromatic carbocycles. The Balaban J connectivity index is 2.23. The van der Waals surface area contributed by atoms with Crippen molar-refractivity contribution in [3.8, 4) is 5.75 Å². The van der Waals surface area contributed by atoms with Crippen LogP contribution >= 0.6 is 0 Å².